The number of aromatic nitrogens is 1. The van der Waals surface area contributed by atoms with E-state index in [0.717, 1.165) is 55.7 Å². The van der Waals surface area contributed by atoms with Gasteiger partial charge in [-0.1, -0.05) is 6.07 Å². The van der Waals surface area contributed by atoms with Crippen molar-refractivity contribution in [1.29, 1.82) is 0 Å². The lowest BCUT2D eigenvalue weighted by molar-refractivity contribution is -0.148. The van der Waals surface area contributed by atoms with E-state index in [-0.39, 0.29) is 11.5 Å². The summed E-state index contributed by atoms with van der Waals surface area (Å²) in [4.78, 5) is 21.7. The zero-order valence-corrected chi connectivity index (χ0v) is 16.8. The monoisotopic (exact) mass is 398 g/mol. The van der Waals surface area contributed by atoms with Crippen molar-refractivity contribution in [3.63, 3.8) is 0 Å². The Morgan fingerprint density at radius 1 is 1.21 bits per heavy atom. The van der Waals surface area contributed by atoms with Gasteiger partial charge in [0.05, 0.1) is 28.3 Å². The van der Waals surface area contributed by atoms with E-state index in [1.54, 1.807) is 17.4 Å². The van der Waals surface area contributed by atoms with E-state index in [1.165, 1.54) is 10.4 Å². The fraction of sp³-hybridized carbons (Fsp3) is 0.524. The number of hydrogen-bond acceptors (Lipinski definition) is 6. The number of pyridine rings is 1. The summed E-state index contributed by atoms with van der Waals surface area (Å²) in [7, 11) is 0. The van der Waals surface area contributed by atoms with Crippen molar-refractivity contribution < 1.29 is 9.53 Å². The Balaban J connectivity index is 1.39. The van der Waals surface area contributed by atoms with Crippen LogP contribution in [0.2, 0.25) is 0 Å². The zero-order chi connectivity index (χ0) is 19.4. The quantitative estimate of drug-likeness (QED) is 0.811. The lowest BCUT2D eigenvalue weighted by Gasteiger charge is -2.47. The number of thiophene rings is 1. The average molecular weight is 399 g/mol. The van der Waals surface area contributed by atoms with Crippen LogP contribution in [-0.2, 0) is 21.6 Å². The number of likely N-dealkylation sites (tertiary alicyclic amines) is 1. The zero-order valence-electron chi connectivity index (χ0n) is 15.9. The number of nitrogen functional groups attached to an aromatic ring is 1. The van der Waals surface area contributed by atoms with Crippen molar-refractivity contribution in [3.05, 3.63) is 34.7 Å². The second-order valence-electron chi connectivity index (χ2n) is 8.29. The lowest BCUT2D eigenvalue weighted by atomic mass is 9.75. The number of piperidine rings is 1. The third kappa shape index (κ3) is 2.84. The molecule has 5 rings (SSSR count). The minimum Gasteiger partial charge on any atom is -0.384 e. The first-order chi connectivity index (χ1) is 13.5. The summed E-state index contributed by atoms with van der Waals surface area (Å²) in [5.41, 5.74) is 13.4. The molecule has 2 fully saturated rings. The van der Waals surface area contributed by atoms with Crippen LogP contribution >= 0.6 is 11.3 Å². The van der Waals surface area contributed by atoms with Crippen molar-refractivity contribution in [2.24, 2.45) is 5.73 Å². The van der Waals surface area contributed by atoms with Crippen LogP contribution in [0.15, 0.2) is 24.3 Å². The Labute approximate surface area is 168 Å². The summed E-state index contributed by atoms with van der Waals surface area (Å²) in [5.74, 6) is 0.660. The Morgan fingerprint density at radius 3 is 2.68 bits per heavy atom. The van der Waals surface area contributed by atoms with E-state index in [0.29, 0.717) is 18.9 Å². The first-order valence-electron chi connectivity index (χ1n) is 10.1. The molecule has 6 nitrogen and oxygen atoms in total. The molecule has 0 bridgehead atoms. The van der Waals surface area contributed by atoms with Gasteiger partial charge in [-0.05, 0) is 55.9 Å². The van der Waals surface area contributed by atoms with Gasteiger partial charge in [-0.2, -0.15) is 0 Å². The number of ether oxygens (including phenoxy) is 1. The van der Waals surface area contributed by atoms with Gasteiger partial charge in [-0.15, -0.1) is 11.3 Å². The van der Waals surface area contributed by atoms with Crippen molar-refractivity contribution in [3.8, 4) is 10.6 Å². The highest BCUT2D eigenvalue weighted by molar-refractivity contribution is 7.15. The van der Waals surface area contributed by atoms with Gasteiger partial charge in [0.15, 0.2) is 0 Å². The number of rotatable bonds is 2. The predicted octanol–water partition coefficient (Wildman–Crippen LogP) is 2.66. The molecule has 0 radical (unpaired) electrons. The first-order valence-corrected chi connectivity index (χ1v) is 10.9. The van der Waals surface area contributed by atoms with Crippen LogP contribution in [-0.4, -0.2) is 41.0 Å². The van der Waals surface area contributed by atoms with Crippen molar-refractivity contribution in [1.82, 2.24) is 9.88 Å². The number of hydrogen-bond donors (Lipinski definition) is 2. The second-order valence-corrected chi connectivity index (χ2v) is 9.43. The molecule has 4 N–H and O–H groups in total. The van der Waals surface area contributed by atoms with Gasteiger partial charge in [0, 0.05) is 24.4 Å². The highest BCUT2D eigenvalue weighted by atomic mass is 32.1. The SMILES string of the molecule is Nc1cccc(-c2cc3c(s2)CCOC32CCN(C(=O)C3(N)CCC3)CC2)n1. The molecule has 1 aliphatic carbocycles. The van der Waals surface area contributed by atoms with E-state index in [4.69, 9.17) is 16.2 Å². The fourth-order valence-corrected chi connectivity index (χ4v) is 5.90. The topological polar surface area (TPSA) is 94.5 Å². The number of fused-ring (bicyclic) bond motifs is 2. The number of anilines is 1. The van der Waals surface area contributed by atoms with Crippen LogP contribution in [0.5, 0.6) is 0 Å². The van der Waals surface area contributed by atoms with Gasteiger partial charge >= 0.3 is 0 Å². The van der Waals surface area contributed by atoms with Gasteiger partial charge < -0.3 is 21.1 Å². The molecule has 1 saturated carbocycles. The molecule has 148 valence electrons. The van der Waals surface area contributed by atoms with E-state index in [9.17, 15) is 4.79 Å². The highest BCUT2D eigenvalue weighted by Crippen LogP contribution is 2.47. The van der Waals surface area contributed by atoms with Crippen molar-refractivity contribution in [2.45, 2.75) is 49.7 Å². The van der Waals surface area contributed by atoms with Crippen LogP contribution in [0.3, 0.4) is 0 Å². The van der Waals surface area contributed by atoms with Crippen molar-refractivity contribution >= 4 is 23.1 Å². The van der Waals surface area contributed by atoms with E-state index in [2.05, 4.69) is 11.1 Å². The molecule has 2 aliphatic heterocycles. The molecule has 1 amide bonds. The molecule has 2 aromatic rings. The molecular formula is C21H26N4O2S. The summed E-state index contributed by atoms with van der Waals surface area (Å²) < 4.78 is 6.35. The molecule has 0 aromatic carbocycles. The Bertz CT molecular complexity index is 913. The van der Waals surface area contributed by atoms with Crippen molar-refractivity contribution in [2.75, 3.05) is 25.4 Å². The van der Waals surface area contributed by atoms with Crippen LogP contribution in [0.1, 0.15) is 42.5 Å². The fourth-order valence-electron chi connectivity index (χ4n) is 4.70. The minimum atomic E-state index is -0.614. The minimum absolute atomic E-state index is 0.125. The Morgan fingerprint density at radius 2 is 2.00 bits per heavy atom. The number of nitrogens with zero attached hydrogens (tertiary/aromatic N) is 2. The van der Waals surface area contributed by atoms with Gasteiger partial charge in [0.25, 0.3) is 0 Å². The van der Waals surface area contributed by atoms with Gasteiger partial charge in [0.1, 0.15) is 5.82 Å². The van der Waals surface area contributed by atoms with E-state index < -0.39 is 5.54 Å². The normalized spacial score (nSPS) is 22.5. The summed E-state index contributed by atoms with van der Waals surface area (Å²) >= 11 is 1.79. The molecule has 0 unspecified atom stereocenters. The van der Waals surface area contributed by atoms with E-state index >= 15 is 0 Å². The Hall–Kier alpha value is -1.96. The second kappa shape index (κ2) is 6.54. The molecule has 28 heavy (non-hydrogen) atoms. The first kappa shape index (κ1) is 18.1. The van der Waals surface area contributed by atoms with Gasteiger partial charge in [0.2, 0.25) is 5.91 Å². The number of nitrogens with two attached hydrogens (primary N) is 2. The largest absolute Gasteiger partial charge is 0.384 e. The maximum absolute atomic E-state index is 12.8. The molecule has 7 heteroatoms. The van der Waals surface area contributed by atoms with Gasteiger partial charge in [-0.25, -0.2) is 4.98 Å². The smallest absolute Gasteiger partial charge is 0.242 e. The van der Waals surface area contributed by atoms with Crippen LogP contribution in [0.4, 0.5) is 5.82 Å². The van der Waals surface area contributed by atoms with Gasteiger partial charge in [-0.3, -0.25) is 4.79 Å². The number of amides is 1. The van der Waals surface area contributed by atoms with E-state index in [1.807, 2.05) is 17.0 Å². The summed E-state index contributed by atoms with van der Waals surface area (Å²) in [6.07, 6.45) is 5.26. The molecule has 4 heterocycles. The lowest BCUT2D eigenvalue weighted by Crippen LogP contribution is -2.61. The standard InChI is InChI=1S/C21H26N4O2S/c22-18-4-1-3-15(24-18)17-13-14-16(28-17)5-12-27-21(14)8-10-25(11-9-21)19(26)20(23)6-2-7-20/h1,3-4,13H,2,5-12,23H2,(H2,22,24). The predicted molar refractivity (Wildman–Crippen MR) is 110 cm³/mol. The summed E-state index contributed by atoms with van der Waals surface area (Å²) in [6.45, 7) is 2.14. The number of carbonyl (C=O) groups is 1. The molecule has 0 atom stereocenters. The number of carbonyl (C=O) groups excluding carboxylic acids is 1. The highest BCUT2D eigenvalue weighted by Gasteiger charge is 2.47. The third-order valence-corrected chi connectivity index (χ3v) is 7.78. The molecular weight excluding hydrogens is 372 g/mol. The maximum Gasteiger partial charge on any atom is 0.242 e. The van der Waals surface area contributed by atoms with Crippen LogP contribution in [0, 0.1) is 0 Å². The Kier molecular flexibility index (Phi) is 4.23. The van der Waals surface area contributed by atoms with Crippen LogP contribution in [0.25, 0.3) is 10.6 Å². The van der Waals surface area contributed by atoms with Crippen LogP contribution < -0.4 is 11.5 Å². The summed E-state index contributed by atoms with van der Waals surface area (Å²) in [6, 6.07) is 7.98. The summed E-state index contributed by atoms with van der Waals surface area (Å²) in [5, 5.41) is 0. The molecule has 1 spiro atoms. The molecule has 3 aliphatic rings. The average Bonchev–Trinajstić information content (AvgIpc) is 3.12. The molecule has 1 saturated heterocycles. The maximum atomic E-state index is 12.8. The third-order valence-electron chi connectivity index (χ3n) is 6.56. The molecule has 2 aromatic heterocycles.